The number of nitrogens with one attached hydrogen (secondary N) is 1. The molecule has 1 saturated carbocycles. The van der Waals surface area contributed by atoms with Gasteiger partial charge in [0.25, 0.3) is 0 Å². The summed E-state index contributed by atoms with van der Waals surface area (Å²) in [5.74, 6) is 0.409. The van der Waals surface area contributed by atoms with Gasteiger partial charge in [0.1, 0.15) is 5.75 Å². The largest absolute Gasteiger partial charge is 0.508 e. The van der Waals surface area contributed by atoms with E-state index < -0.39 is 0 Å². The predicted molar refractivity (Wildman–Crippen MR) is 88.6 cm³/mol. The lowest BCUT2D eigenvalue weighted by Crippen LogP contribution is -2.29. The Morgan fingerprint density at radius 2 is 1.62 bits per heavy atom. The van der Waals surface area contributed by atoms with Crippen molar-refractivity contribution in [2.24, 2.45) is 0 Å². The summed E-state index contributed by atoms with van der Waals surface area (Å²) in [5, 5.41) is 16.2. The molecule has 1 aliphatic rings. The molecule has 1 fully saturated rings. The van der Waals surface area contributed by atoms with E-state index in [2.05, 4.69) is 17.4 Å². The van der Waals surface area contributed by atoms with Gasteiger partial charge in [0.15, 0.2) is 0 Å². The van der Waals surface area contributed by atoms with Crippen LogP contribution in [0.15, 0.2) is 36.4 Å². The van der Waals surface area contributed by atoms with Crippen LogP contribution in [0.1, 0.15) is 50.5 Å². The molecular weight excluding hydrogens is 258 g/mol. The molecule has 1 aliphatic carbocycles. The summed E-state index contributed by atoms with van der Waals surface area (Å²) in [7, 11) is 0. The Kier molecular flexibility index (Phi) is 4.76. The number of fused-ring (bicyclic) bond motifs is 1. The Labute approximate surface area is 127 Å². The number of phenolic OH excluding ortho intramolecular Hbond substituents is 1. The van der Waals surface area contributed by atoms with Crippen LogP contribution in [0.25, 0.3) is 10.8 Å². The van der Waals surface area contributed by atoms with E-state index in [1.807, 2.05) is 24.3 Å². The van der Waals surface area contributed by atoms with Crippen LogP contribution in [-0.2, 0) is 6.54 Å². The lowest BCUT2D eigenvalue weighted by atomic mass is 9.96. The second kappa shape index (κ2) is 6.95. The average Bonchev–Trinajstić information content (AvgIpc) is 2.48. The van der Waals surface area contributed by atoms with Gasteiger partial charge in [-0.2, -0.15) is 0 Å². The standard InChI is InChI=1S/C19H25NO/c21-19-13-12-15-8-6-7-11-17(15)18(19)14-20-16-9-4-2-1-3-5-10-16/h6-8,11-13,16,20-21H,1-5,9-10,14H2. The van der Waals surface area contributed by atoms with Gasteiger partial charge < -0.3 is 10.4 Å². The first-order valence-electron chi connectivity index (χ1n) is 8.27. The Morgan fingerprint density at radius 1 is 0.905 bits per heavy atom. The molecule has 2 aromatic rings. The minimum Gasteiger partial charge on any atom is -0.508 e. The van der Waals surface area contributed by atoms with Crippen molar-refractivity contribution in [3.63, 3.8) is 0 Å². The summed E-state index contributed by atoms with van der Waals surface area (Å²) in [6.45, 7) is 0.762. The van der Waals surface area contributed by atoms with Crippen molar-refractivity contribution in [2.75, 3.05) is 0 Å². The smallest absolute Gasteiger partial charge is 0.120 e. The Bertz CT molecular complexity index is 585. The average molecular weight is 283 g/mol. The fourth-order valence-corrected chi connectivity index (χ4v) is 3.42. The molecular formula is C19H25NO. The van der Waals surface area contributed by atoms with Crippen LogP contribution in [0.3, 0.4) is 0 Å². The molecule has 0 saturated heterocycles. The first-order valence-corrected chi connectivity index (χ1v) is 8.27. The number of benzene rings is 2. The second-order valence-electron chi connectivity index (χ2n) is 6.21. The molecule has 2 nitrogen and oxygen atoms in total. The lowest BCUT2D eigenvalue weighted by Gasteiger charge is -2.22. The van der Waals surface area contributed by atoms with Gasteiger partial charge in [-0.3, -0.25) is 0 Å². The van der Waals surface area contributed by atoms with Gasteiger partial charge in [-0.25, -0.2) is 0 Å². The Morgan fingerprint density at radius 3 is 2.43 bits per heavy atom. The zero-order valence-electron chi connectivity index (χ0n) is 12.6. The van der Waals surface area contributed by atoms with Crippen molar-refractivity contribution < 1.29 is 5.11 Å². The van der Waals surface area contributed by atoms with E-state index in [0.717, 1.165) is 17.5 Å². The highest BCUT2D eigenvalue weighted by Gasteiger charge is 2.13. The monoisotopic (exact) mass is 283 g/mol. The molecule has 0 radical (unpaired) electrons. The molecule has 0 heterocycles. The molecule has 0 atom stereocenters. The molecule has 3 rings (SSSR count). The highest BCUT2D eigenvalue weighted by molar-refractivity contribution is 5.87. The van der Waals surface area contributed by atoms with Gasteiger partial charge in [-0.15, -0.1) is 0 Å². The van der Waals surface area contributed by atoms with E-state index >= 15 is 0 Å². The van der Waals surface area contributed by atoms with Gasteiger partial charge in [-0.05, 0) is 29.7 Å². The van der Waals surface area contributed by atoms with Crippen LogP contribution in [0.4, 0.5) is 0 Å². The third-order valence-electron chi connectivity index (χ3n) is 4.69. The van der Waals surface area contributed by atoms with Gasteiger partial charge in [0.2, 0.25) is 0 Å². The first-order chi connectivity index (χ1) is 10.3. The van der Waals surface area contributed by atoms with Gasteiger partial charge >= 0.3 is 0 Å². The second-order valence-corrected chi connectivity index (χ2v) is 6.21. The van der Waals surface area contributed by atoms with Crippen molar-refractivity contribution in [1.29, 1.82) is 0 Å². The molecule has 21 heavy (non-hydrogen) atoms. The topological polar surface area (TPSA) is 32.3 Å². The Hall–Kier alpha value is -1.54. The third kappa shape index (κ3) is 3.56. The third-order valence-corrected chi connectivity index (χ3v) is 4.69. The molecule has 0 bridgehead atoms. The van der Waals surface area contributed by atoms with Crippen LogP contribution < -0.4 is 5.32 Å². The first kappa shape index (κ1) is 14.4. The molecule has 2 aromatic carbocycles. The van der Waals surface area contributed by atoms with E-state index in [1.165, 1.54) is 50.3 Å². The number of rotatable bonds is 3. The zero-order valence-corrected chi connectivity index (χ0v) is 12.6. The van der Waals surface area contributed by atoms with Crippen LogP contribution >= 0.6 is 0 Å². The predicted octanol–water partition coefficient (Wildman–Crippen LogP) is 4.75. The lowest BCUT2D eigenvalue weighted by molar-refractivity contribution is 0.385. The van der Waals surface area contributed by atoms with E-state index in [-0.39, 0.29) is 0 Å². The summed E-state index contributed by atoms with van der Waals surface area (Å²) in [5.41, 5.74) is 1.04. The van der Waals surface area contributed by atoms with Crippen LogP contribution in [0.5, 0.6) is 5.75 Å². The summed E-state index contributed by atoms with van der Waals surface area (Å²) in [6.07, 6.45) is 9.35. The van der Waals surface area contributed by atoms with Crippen LogP contribution in [-0.4, -0.2) is 11.1 Å². The molecule has 2 heteroatoms. The van der Waals surface area contributed by atoms with E-state index in [9.17, 15) is 5.11 Å². The van der Waals surface area contributed by atoms with Crippen molar-refractivity contribution in [2.45, 2.75) is 57.5 Å². The highest BCUT2D eigenvalue weighted by Crippen LogP contribution is 2.27. The molecule has 2 N–H and O–H groups in total. The molecule has 0 aliphatic heterocycles. The highest BCUT2D eigenvalue weighted by atomic mass is 16.3. The fraction of sp³-hybridized carbons (Fsp3) is 0.474. The number of hydrogen-bond acceptors (Lipinski definition) is 2. The minimum atomic E-state index is 0.409. The fourth-order valence-electron chi connectivity index (χ4n) is 3.42. The van der Waals surface area contributed by atoms with Crippen molar-refractivity contribution in [1.82, 2.24) is 5.32 Å². The minimum absolute atomic E-state index is 0.409. The Balaban J connectivity index is 1.73. The van der Waals surface area contributed by atoms with Crippen LogP contribution in [0, 0.1) is 0 Å². The SMILES string of the molecule is Oc1ccc2ccccc2c1CNC1CCCCCCC1. The normalized spacial score (nSPS) is 17.5. The van der Waals surface area contributed by atoms with Crippen molar-refractivity contribution in [3.05, 3.63) is 42.0 Å². The summed E-state index contributed by atoms with van der Waals surface area (Å²) < 4.78 is 0. The van der Waals surface area contributed by atoms with Crippen molar-refractivity contribution >= 4 is 10.8 Å². The van der Waals surface area contributed by atoms with E-state index in [4.69, 9.17) is 0 Å². The summed E-state index contributed by atoms with van der Waals surface area (Å²) in [4.78, 5) is 0. The van der Waals surface area contributed by atoms with Crippen molar-refractivity contribution in [3.8, 4) is 5.75 Å². The number of hydrogen-bond donors (Lipinski definition) is 2. The van der Waals surface area contributed by atoms with E-state index in [1.54, 1.807) is 0 Å². The number of phenols is 1. The van der Waals surface area contributed by atoms with Gasteiger partial charge in [0.05, 0.1) is 0 Å². The van der Waals surface area contributed by atoms with E-state index in [0.29, 0.717) is 11.8 Å². The number of aromatic hydroxyl groups is 1. The summed E-state index contributed by atoms with van der Waals surface area (Å²) in [6, 6.07) is 12.7. The quantitative estimate of drug-likeness (QED) is 0.852. The molecule has 0 aromatic heterocycles. The summed E-state index contributed by atoms with van der Waals surface area (Å²) >= 11 is 0. The zero-order chi connectivity index (χ0) is 14.5. The maximum absolute atomic E-state index is 10.2. The molecule has 112 valence electrons. The molecule has 0 unspecified atom stereocenters. The molecule has 0 amide bonds. The van der Waals surface area contributed by atoms with Gasteiger partial charge in [0, 0.05) is 18.2 Å². The maximum Gasteiger partial charge on any atom is 0.120 e. The maximum atomic E-state index is 10.2. The van der Waals surface area contributed by atoms with Crippen LogP contribution in [0.2, 0.25) is 0 Å². The molecule has 0 spiro atoms. The van der Waals surface area contributed by atoms with Gasteiger partial charge in [-0.1, -0.05) is 62.4 Å².